The summed E-state index contributed by atoms with van der Waals surface area (Å²) in [4.78, 5) is 2.22. The third-order valence-electron chi connectivity index (χ3n) is 3.66. The summed E-state index contributed by atoms with van der Waals surface area (Å²) < 4.78 is 18.7. The van der Waals surface area contributed by atoms with Crippen LogP contribution < -0.4 is 5.73 Å². The molecule has 0 spiro atoms. The minimum absolute atomic E-state index is 0.168. The van der Waals surface area contributed by atoms with Crippen LogP contribution in [-0.2, 0) is 4.74 Å². The van der Waals surface area contributed by atoms with Gasteiger partial charge in [-0.1, -0.05) is 12.1 Å². The van der Waals surface area contributed by atoms with Crippen LogP contribution >= 0.6 is 0 Å². The SMILES string of the molecule is CC1OCCC1N(C)CC(N)c1cccc(F)c1. The van der Waals surface area contributed by atoms with Crippen LogP contribution in [0.3, 0.4) is 0 Å². The van der Waals surface area contributed by atoms with Gasteiger partial charge in [-0.2, -0.15) is 0 Å². The van der Waals surface area contributed by atoms with E-state index in [1.807, 2.05) is 6.07 Å². The second-order valence-corrected chi connectivity index (χ2v) is 5.03. The molecule has 0 radical (unpaired) electrons. The van der Waals surface area contributed by atoms with Gasteiger partial charge in [-0.05, 0) is 38.1 Å². The van der Waals surface area contributed by atoms with Gasteiger partial charge >= 0.3 is 0 Å². The number of nitrogens with zero attached hydrogens (tertiary/aromatic N) is 1. The van der Waals surface area contributed by atoms with Crippen LogP contribution in [-0.4, -0.2) is 37.2 Å². The minimum Gasteiger partial charge on any atom is -0.377 e. The van der Waals surface area contributed by atoms with Crippen LogP contribution in [0.25, 0.3) is 0 Å². The summed E-state index contributed by atoms with van der Waals surface area (Å²) in [6.07, 6.45) is 1.28. The van der Waals surface area contributed by atoms with Crippen molar-refractivity contribution in [2.24, 2.45) is 5.73 Å². The molecule has 1 aliphatic heterocycles. The summed E-state index contributed by atoms with van der Waals surface area (Å²) in [7, 11) is 2.05. The van der Waals surface area contributed by atoms with Gasteiger partial charge in [0.25, 0.3) is 0 Å². The van der Waals surface area contributed by atoms with E-state index in [1.54, 1.807) is 6.07 Å². The van der Waals surface area contributed by atoms with E-state index in [9.17, 15) is 4.39 Å². The Bertz CT molecular complexity index is 399. The van der Waals surface area contributed by atoms with Gasteiger partial charge in [-0.3, -0.25) is 4.90 Å². The number of nitrogens with two attached hydrogens (primary N) is 1. The quantitative estimate of drug-likeness (QED) is 0.890. The number of hydrogen-bond acceptors (Lipinski definition) is 3. The first-order valence-corrected chi connectivity index (χ1v) is 6.41. The van der Waals surface area contributed by atoms with Crippen molar-refractivity contribution in [3.05, 3.63) is 35.6 Å². The molecular formula is C14H21FN2O. The fourth-order valence-electron chi connectivity index (χ4n) is 2.59. The minimum atomic E-state index is -0.233. The Labute approximate surface area is 108 Å². The van der Waals surface area contributed by atoms with Crippen molar-refractivity contribution in [3.8, 4) is 0 Å². The molecule has 3 atom stereocenters. The monoisotopic (exact) mass is 252 g/mol. The van der Waals surface area contributed by atoms with E-state index in [-0.39, 0.29) is 18.0 Å². The van der Waals surface area contributed by atoms with Crippen molar-refractivity contribution >= 4 is 0 Å². The van der Waals surface area contributed by atoms with Gasteiger partial charge in [0.05, 0.1) is 6.10 Å². The maximum absolute atomic E-state index is 13.1. The lowest BCUT2D eigenvalue weighted by molar-refractivity contribution is 0.0818. The largest absolute Gasteiger partial charge is 0.377 e. The number of halogens is 1. The average molecular weight is 252 g/mol. The number of likely N-dealkylation sites (N-methyl/N-ethyl adjacent to an activating group) is 1. The van der Waals surface area contributed by atoms with Crippen molar-refractivity contribution in [1.82, 2.24) is 4.90 Å². The third kappa shape index (κ3) is 3.07. The van der Waals surface area contributed by atoms with Crippen LogP contribution in [0.5, 0.6) is 0 Å². The maximum atomic E-state index is 13.1. The van der Waals surface area contributed by atoms with Gasteiger partial charge in [0.1, 0.15) is 5.82 Å². The van der Waals surface area contributed by atoms with E-state index in [1.165, 1.54) is 12.1 Å². The van der Waals surface area contributed by atoms with Gasteiger partial charge in [-0.15, -0.1) is 0 Å². The molecule has 0 aromatic heterocycles. The predicted molar refractivity (Wildman–Crippen MR) is 69.8 cm³/mol. The molecule has 18 heavy (non-hydrogen) atoms. The van der Waals surface area contributed by atoms with Crippen molar-refractivity contribution in [2.75, 3.05) is 20.2 Å². The molecule has 3 nitrogen and oxygen atoms in total. The Morgan fingerprint density at radius 1 is 1.56 bits per heavy atom. The van der Waals surface area contributed by atoms with E-state index in [2.05, 4.69) is 18.9 Å². The van der Waals surface area contributed by atoms with Crippen molar-refractivity contribution in [2.45, 2.75) is 31.5 Å². The zero-order chi connectivity index (χ0) is 13.1. The highest BCUT2D eigenvalue weighted by atomic mass is 19.1. The van der Waals surface area contributed by atoms with Gasteiger partial charge < -0.3 is 10.5 Å². The van der Waals surface area contributed by atoms with E-state index in [0.717, 1.165) is 18.6 Å². The van der Waals surface area contributed by atoms with Crippen molar-refractivity contribution < 1.29 is 9.13 Å². The van der Waals surface area contributed by atoms with Gasteiger partial charge in [0, 0.05) is 25.2 Å². The lowest BCUT2D eigenvalue weighted by atomic mass is 10.0. The molecule has 0 amide bonds. The molecule has 0 bridgehead atoms. The van der Waals surface area contributed by atoms with Crippen LogP contribution in [0, 0.1) is 5.82 Å². The summed E-state index contributed by atoms with van der Waals surface area (Å²) in [6, 6.07) is 6.75. The van der Waals surface area contributed by atoms with E-state index in [4.69, 9.17) is 10.5 Å². The van der Waals surface area contributed by atoms with Crippen molar-refractivity contribution in [3.63, 3.8) is 0 Å². The molecule has 1 fully saturated rings. The Kier molecular flexibility index (Phi) is 4.32. The molecule has 1 saturated heterocycles. The topological polar surface area (TPSA) is 38.5 Å². The Morgan fingerprint density at radius 3 is 2.94 bits per heavy atom. The van der Waals surface area contributed by atoms with E-state index >= 15 is 0 Å². The highest BCUT2D eigenvalue weighted by Gasteiger charge is 2.28. The van der Waals surface area contributed by atoms with Gasteiger partial charge in [0.2, 0.25) is 0 Å². The summed E-state index contributed by atoms with van der Waals surface area (Å²) in [5.74, 6) is -0.233. The van der Waals surface area contributed by atoms with Gasteiger partial charge in [0.15, 0.2) is 0 Å². The smallest absolute Gasteiger partial charge is 0.123 e. The number of benzene rings is 1. The normalized spacial score (nSPS) is 25.6. The van der Waals surface area contributed by atoms with Crippen LogP contribution in [0.4, 0.5) is 4.39 Å². The lowest BCUT2D eigenvalue weighted by Gasteiger charge is -2.29. The zero-order valence-corrected chi connectivity index (χ0v) is 11.0. The predicted octanol–water partition coefficient (Wildman–Crippen LogP) is 1.93. The Hall–Kier alpha value is -0.970. The Morgan fingerprint density at radius 2 is 2.33 bits per heavy atom. The first kappa shape index (κ1) is 13.5. The molecule has 4 heteroatoms. The molecule has 2 rings (SSSR count). The van der Waals surface area contributed by atoms with Crippen LogP contribution in [0.1, 0.15) is 24.9 Å². The van der Waals surface area contributed by atoms with Gasteiger partial charge in [-0.25, -0.2) is 4.39 Å². The molecule has 1 aromatic carbocycles. The number of rotatable bonds is 4. The molecule has 0 aliphatic carbocycles. The van der Waals surface area contributed by atoms with E-state index < -0.39 is 0 Å². The molecular weight excluding hydrogens is 231 g/mol. The first-order chi connectivity index (χ1) is 8.58. The standard InChI is InChI=1S/C14H21FN2O/c1-10-14(6-7-18-10)17(2)9-13(16)11-4-3-5-12(15)8-11/h3-5,8,10,13-14H,6-7,9,16H2,1-2H3. The number of hydrogen-bond donors (Lipinski definition) is 1. The second kappa shape index (κ2) is 5.78. The fraction of sp³-hybridized carbons (Fsp3) is 0.571. The molecule has 1 heterocycles. The highest BCUT2D eigenvalue weighted by Crippen LogP contribution is 2.20. The zero-order valence-electron chi connectivity index (χ0n) is 11.0. The average Bonchev–Trinajstić information content (AvgIpc) is 2.75. The second-order valence-electron chi connectivity index (χ2n) is 5.03. The maximum Gasteiger partial charge on any atom is 0.123 e. The molecule has 0 saturated carbocycles. The first-order valence-electron chi connectivity index (χ1n) is 6.41. The molecule has 1 aliphatic rings. The summed E-state index contributed by atoms with van der Waals surface area (Å²) in [5, 5.41) is 0. The summed E-state index contributed by atoms with van der Waals surface area (Å²) in [5.41, 5.74) is 6.97. The summed E-state index contributed by atoms with van der Waals surface area (Å²) in [6.45, 7) is 3.61. The Balaban J connectivity index is 1.96. The van der Waals surface area contributed by atoms with Crippen LogP contribution in [0.2, 0.25) is 0 Å². The molecule has 2 N–H and O–H groups in total. The summed E-state index contributed by atoms with van der Waals surface area (Å²) >= 11 is 0. The third-order valence-corrected chi connectivity index (χ3v) is 3.66. The fourth-order valence-corrected chi connectivity index (χ4v) is 2.59. The molecule has 3 unspecified atom stereocenters. The van der Waals surface area contributed by atoms with E-state index in [0.29, 0.717) is 12.6 Å². The highest BCUT2D eigenvalue weighted by molar-refractivity contribution is 5.20. The molecule has 1 aromatic rings. The number of ether oxygens (including phenoxy) is 1. The molecule has 100 valence electrons. The van der Waals surface area contributed by atoms with Crippen molar-refractivity contribution in [1.29, 1.82) is 0 Å². The van der Waals surface area contributed by atoms with Crippen LogP contribution in [0.15, 0.2) is 24.3 Å². The lowest BCUT2D eigenvalue weighted by Crippen LogP contribution is -2.40.